The largest absolute Gasteiger partial charge is 0.444 e. The highest BCUT2D eigenvalue weighted by molar-refractivity contribution is 6.33. The maximum atomic E-state index is 12.0. The van der Waals surface area contributed by atoms with Crippen LogP contribution in [0, 0.1) is 0 Å². The first-order valence-electron chi connectivity index (χ1n) is 7.05. The monoisotopic (exact) mass is 311 g/mol. The predicted molar refractivity (Wildman–Crippen MR) is 85.7 cm³/mol. The van der Waals surface area contributed by atoms with Gasteiger partial charge in [0, 0.05) is 19.1 Å². The van der Waals surface area contributed by atoms with E-state index < -0.39 is 5.60 Å². The number of nitrogens with two attached hydrogens (primary N) is 1. The minimum Gasteiger partial charge on any atom is -0.444 e. The molecule has 1 fully saturated rings. The number of halogens is 1. The Kier molecular flexibility index (Phi) is 4.52. The fraction of sp³-hybridized carbons (Fsp3) is 0.533. The fourth-order valence-corrected chi connectivity index (χ4v) is 2.50. The maximum absolute atomic E-state index is 12.0. The van der Waals surface area contributed by atoms with Crippen molar-refractivity contribution in [3.8, 4) is 0 Å². The third-order valence-corrected chi connectivity index (χ3v) is 3.55. The summed E-state index contributed by atoms with van der Waals surface area (Å²) < 4.78 is 5.38. The lowest BCUT2D eigenvalue weighted by molar-refractivity contribution is 0.0293. The number of hydrogen-bond acceptors (Lipinski definition) is 4. The molecule has 0 saturated carbocycles. The highest BCUT2D eigenvalue weighted by atomic mass is 35.5. The Hall–Kier alpha value is -1.62. The molecule has 1 aromatic rings. The van der Waals surface area contributed by atoms with E-state index in [1.54, 1.807) is 17.0 Å². The highest BCUT2D eigenvalue weighted by Gasteiger charge is 2.30. The summed E-state index contributed by atoms with van der Waals surface area (Å²) in [7, 11) is 0. The lowest BCUT2D eigenvalue weighted by Gasteiger charge is -2.24. The summed E-state index contributed by atoms with van der Waals surface area (Å²) in [6.45, 7) is 6.83. The number of para-hydroxylation sites is 1. The molecule has 0 radical (unpaired) electrons. The molecule has 21 heavy (non-hydrogen) atoms. The number of hydrogen-bond donors (Lipinski definition) is 2. The van der Waals surface area contributed by atoms with E-state index in [4.69, 9.17) is 22.1 Å². The Bertz CT molecular complexity index is 508. The van der Waals surface area contributed by atoms with Crippen molar-refractivity contribution in [1.82, 2.24) is 4.90 Å². The topological polar surface area (TPSA) is 67.6 Å². The van der Waals surface area contributed by atoms with Crippen LogP contribution in [0.3, 0.4) is 0 Å². The second-order valence-electron chi connectivity index (χ2n) is 6.26. The summed E-state index contributed by atoms with van der Waals surface area (Å²) in [5.41, 5.74) is 6.79. The third-order valence-electron chi connectivity index (χ3n) is 3.23. The van der Waals surface area contributed by atoms with Crippen LogP contribution in [0.5, 0.6) is 0 Å². The summed E-state index contributed by atoms with van der Waals surface area (Å²) in [5, 5.41) is 3.91. The SMILES string of the molecule is CC(C)(C)OC(=O)N1CCC(Nc2c(N)cccc2Cl)C1. The summed E-state index contributed by atoms with van der Waals surface area (Å²) in [6.07, 6.45) is 0.558. The van der Waals surface area contributed by atoms with Gasteiger partial charge in [0.1, 0.15) is 5.60 Å². The van der Waals surface area contributed by atoms with Gasteiger partial charge in [0.2, 0.25) is 0 Å². The van der Waals surface area contributed by atoms with Gasteiger partial charge < -0.3 is 20.7 Å². The predicted octanol–water partition coefficient (Wildman–Crippen LogP) is 3.34. The molecule has 0 aromatic heterocycles. The van der Waals surface area contributed by atoms with Crippen molar-refractivity contribution in [3.05, 3.63) is 23.2 Å². The van der Waals surface area contributed by atoms with E-state index in [1.807, 2.05) is 26.8 Å². The number of ether oxygens (including phenoxy) is 1. The van der Waals surface area contributed by atoms with Crippen molar-refractivity contribution in [2.45, 2.75) is 38.8 Å². The molecule has 1 aliphatic rings. The molecule has 5 nitrogen and oxygen atoms in total. The number of carbonyl (C=O) groups is 1. The molecule has 1 aliphatic heterocycles. The molecule has 2 rings (SSSR count). The molecule has 0 bridgehead atoms. The van der Waals surface area contributed by atoms with Crippen LogP contribution in [0.2, 0.25) is 5.02 Å². The summed E-state index contributed by atoms with van der Waals surface area (Å²) in [4.78, 5) is 13.7. The van der Waals surface area contributed by atoms with Crippen molar-refractivity contribution in [2.24, 2.45) is 0 Å². The van der Waals surface area contributed by atoms with E-state index in [0.29, 0.717) is 23.8 Å². The summed E-state index contributed by atoms with van der Waals surface area (Å²) in [6, 6.07) is 5.53. The first kappa shape index (κ1) is 15.8. The molecule has 6 heteroatoms. The molecule has 1 aromatic carbocycles. The average molecular weight is 312 g/mol. The number of likely N-dealkylation sites (tertiary alicyclic amines) is 1. The molecule has 0 spiro atoms. The number of nitrogens with one attached hydrogen (secondary N) is 1. The van der Waals surface area contributed by atoms with E-state index in [1.165, 1.54) is 0 Å². The Balaban J connectivity index is 1.95. The van der Waals surface area contributed by atoms with Crippen LogP contribution in [-0.2, 0) is 4.74 Å². The van der Waals surface area contributed by atoms with Gasteiger partial charge >= 0.3 is 6.09 Å². The van der Waals surface area contributed by atoms with Crippen molar-refractivity contribution < 1.29 is 9.53 Å². The number of rotatable bonds is 2. The number of carbonyl (C=O) groups excluding carboxylic acids is 1. The minimum absolute atomic E-state index is 0.125. The van der Waals surface area contributed by atoms with Gasteiger partial charge in [-0.2, -0.15) is 0 Å². The van der Waals surface area contributed by atoms with Crippen LogP contribution in [0.4, 0.5) is 16.2 Å². The van der Waals surface area contributed by atoms with E-state index in [-0.39, 0.29) is 12.1 Å². The Labute approximate surface area is 130 Å². The van der Waals surface area contributed by atoms with Crippen LogP contribution in [-0.4, -0.2) is 35.7 Å². The van der Waals surface area contributed by atoms with Crippen LogP contribution in [0.25, 0.3) is 0 Å². The molecule has 1 atom stereocenters. The minimum atomic E-state index is -0.476. The first-order valence-corrected chi connectivity index (χ1v) is 7.42. The Morgan fingerprint density at radius 1 is 1.48 bits per heavy atom. The standard InChI is InChI=1S/C15H22ClN3O2/c1-15(2,3)21-14(20)19-8-7-10(9-19)18-13-11(16)5-4-6-12(13)17/h4-6,10,18H,7-9,17H2,1-3H3. The molecular weight excluding hydrogens is 290 g/mol. The molecular formula is C15H22ClN3O2. The summed E-state index contributed by atoms with van der Waals surface area (Å²) in [5.74, 6) is 0. The second-order valence-corrected chi connectivity index (χ2v) is 6.67. The van der Waals surface area contributed by atoms with E-state index in [9.17, 15) is 4.79 Å². The maximum Gasteiger partial charge on any atom is 0.410 e. The van der Waals surface area contributed by atoms with Crippen molar-refractivity contribution in [2.75, 3.05) is 24.1 Å². The van der Waals surface area contributed by atoms with Crippen LogP contribution in [0.15, 0.2) is 18.2 Å². The average Bonchev–Trinajstić information content (AvgIpc) is 2.80. The zero-order valence-corrected chi connectivity index (χ0v) is 13.4. The first-order chi connectivity index (χ1) is 9.76. The van der Waals surface area contributed by atoms with Gasteiger partial charge in [0.25, 0.3) is 0 Å². The number of nitrogen functional groups attached to an aromatic ring is 1. The highest BCUT2D eigenvalue weighted by Crippen LogP contribution is 2.30. The van der Waals surface area contributed by atoms with Gasteiger partial charge in [0.15, 0.2) is 0 Å². The van der Waals surface area contributed by atoms with Crippen molar-refractivity contribution in [3.63, 3.8) is 0 Å². The van der Waals surface area contributed by atoms with Crippen LogP contribution < -0.4 is 11.1 Å². The number of amides is 1. The van der Waals surface area contributed by atoms with Crippen molar-refractivity contribution in [1.29, 1.82) is 0 Å². The normalized spacial score (nSPS) is 18.7. The molecule has 1 unspecified atom stereocenters. The third kappa shape index (κ3) is 4.17. The Morgan fingerprint density at radius 3 is 2.81 bits per heavy atom. The zero-order valence-electron chi connectivity index (χ0n) is 12.6. The van der Waals surface area contributed by atoms with E-state index in [0.717, 1.165) is 12.1 Å². The van der Waals surface area contributed by atoms with Gasteiger partial charge in [-0.1, -0.05) is 17.7 Å². The van der Waals surface area contributed by atoms with E-state index >= 15 is 0 Å². The number of nitrogens with zero attached hydrogens (tertiary/aromatic N) is 1. The van der Waals surface area contributed by atoms with Gasteiger partial charge in [-0.15, -0.1) is 0 Å². The fourth-order valence-electron chi connectivity index (χ4n) is 2.27. The summed E-state index contributed by atoms with van der Waals surface area (Å²) >= 11 is 6.15. The molecule has 1 heterocycles. The zero-order chi connectivity index (χ0) is 15.6. The lowest BCUT2D eigenvalue weighted by Crippen LogP contribution is -2.36. The molecule has 1 saturated heterocycles. The Morgan fingerprint density at radius 2 is 2.19 bits per heavy atom. The molecule has 1 amide bonds. The van der Waals surface area contributed by atoms with Crippen LogP contribution >= 0.6 is 11.6 Å². The van der Waals surface area contributed by atoms with Crippen molar-refractivity contribution >= 4 is 29.1 Å². The lowest BCUT2D eigenvalue weighted by atomic mass is 10.2. The molecule has 116 valence electrons. The van der Waals surface area contributed by atoms with Gasteiger partial charge in [-0.3, -0.25) is 0 Å². The van der Waals surface area contributed by atoms with E-state index in [2.05, 4.69) is 5.32 Å². The molecule has 0 aliphatic carbocycles. The number of benzene rings is 1. The quantitative estimate of drug-likeness (QED) is 0.822. The second kappa shape index (κ2) is 6.02. The van der Waals surface area contributed by atoms with Gasteiger partial charge in [-0.05, 0) is 39.3 Å². The number of anilines is 2. The van der Waals surface area contributed by atoms with Crippen LogP contribution in [0.1, 0.15) is 27.2 Å². The van der Waals surface area contributed by atoms with Gasteiger partial charge in [-0.25, -0.2) is 4.79 Å². The smallest absolute Gasteiger partial charge is 0.410 e. The molecule has 3 N–H and O–H groups in total. The van der Waals surface area contributed by atoms with Gasteiger partial charge in [0.05, 0.1) is 16.4 Å².